The minimum absolute atomic E-state index is 0.00976. The summed E-state index contributed by atoms with van der Waals surface area (Å²) in [5.41, 5.74) is 2.76. The van der Waals surface area contributed by atoms with Gasteiger partial charge in [-0.1, -0.05) is 50.3 Å². The topological polar surface area (TPSA) is 9.23 Å². The van der Waals surface area contributed by atoms with Crippen LogP contribution in [0.3, 0.4) is 0 Å². The summed E-state index contributed by atoms with van der Waals surface area (Å²) in [4.78, 5) is 0. The zero-order valence-corrected chi connectivity index (χ0v) is 10.2. The van der Waals surface area contributed by atoms with E-state index >= 15 is 0 Å². The van der Waals surface area contributed by atoms with Gasteiger partial charge in [-0.3, -0.25) is 0 Å². The molecule has 0 bridgehead atoms. The van der Waals surface area contributed by atoms with Gasteiger partial charge in [-0.2, -0.15) is 0 Å². The van der Waals surface area contributed by atoms with Gasteiger partial charge in [0.25, 0.3) is 0 Å². The summed E-state index contributed by atoms with van der Waals surface area (Å²) in [6, 6.07) is 10.5. The molecule has 2 rings (SSSR count). The Kier molecular flexibility index (Phi) is 3.45. The molecule has 1 heteroatoms. The molecule has 16 heavy (non-hydrogen) atoms. The van der Waals surface area contributed by atoms with E-state index in [4.69, 9.17) is 4.74 Å². The van der Waals surface area contributed by atoms with Crippen molar-refractivity contribution in [2.75, 3.05) is 6.61 Å². The molecule has 86 valence electrons. The second kappa shape index (κ2) is 4.84. The Morgan fingerprint density at radius 1 is 1.19 bits per heavy atom. The number of hydrogen-bond acceptors (Lipinski definition) is 1. The van der Waals surface area contributed by atoms with E-state index in [0.717, 1.165) is 25.9 Å². The fourth-order valence-corrected chi connectivity index (χ4v) is 2.54. The fraction of sp³-hybridized carbons (Fsp3) is 0.467. The lowest BCUT2D eigenvalue weighted by Crippen LogP contribution is -2.27. The molecule has 1 aliphatic heterocycles. The molecule has 0 aromatic heterocycles. The smallest absolute Gasteiger partial charge is 0.0890 e. The molecule has 0 amide bonds. The Morgan fingerprint density at radius 2 is 1.88 bits per heavy atom. The number of rotatable bonds is 3. The molecule has 0 saturated carbocycles. The molecule has 0 spiro atoms. The molecule has 1 heterocycles. The highest BCUT2D eigenvalue weighted by atomic mass is 16.5. The first-order valence-electron chi connectivity index (χ1n) is 6.21. The van der Waals surface area contributed by atoms with Crippen LogP contribution in [-0.4, -0.2) is 12.2 Å². The van der Waals surface area contributed by atoms with E-state index in [2.05, 4.69) is 50.3 Å². The Hall–Kier alpha value is -1.08. The summed E-state index contributed by atoms with van der Waals surface area (Å²) in [6.45, 7) is 5.31. The first kappa shape index (κ1) is 11.4. The van der Waals surface area contributed by atoms with E-state index in [9.17, 15) is 0 Å². The van der Waals surface area contributed by atoms with Crippen LogP contribution < -0.4 is 0 Å². The maximum Gasteiger partial charge on any atom is 0.0890 e. The van der Waals surface area contributed by atoms with Crippen molar-refractivity contribution in [2.24, 2.45) is 0 Å². The average Bonchev–Trinajstić information content (AvgIpc) is 2.74. The zero-order valence-electron chi connectivity index (χ0n) is 10.2. The lowest BCUT2D eigenvalue weighted by molar-refractivity contribution is 0.0188. The van der Waals surface area contributed by atoms with Crippen LogP contribution in [0.15, 0.2) is 35.9 Å². The summed E-state index contributed by atoms with van der Waals surface area (Å²) < 4.78 is 5.96. The normalized spacial score (nSPS) is 21.5. The predicted molar refractivity (Wildman–Crippen MR) is 68.3 cm³/mol. The molecule has 0 aliphatic carbocycles. The van der Waals surface area contributed by atoms with Gasteiger partial charge in [0.05, 0.1) is 12.2 Å². The van der Waals surface area contributed by atoms with Crippen molar-refractivity contribution in [3.63, 3.8) is 0 Å². The van der Waals surface area contributed by atoms with E-state index in [1.54, 1.807) is 0 Å². The Labute approximate surface area is 98.1 Å². The maximum atomic E-state index is 5.96. The van der Waals surface area contributed by atoms with E-state index in [1.165, 1.54) is 11.1 Å². The van der Waals surface area contributed by atoms with Crippen molar-refractivity contribution >= 4 is 6.08 Å². The predicted octanol–water partition coefficient (Wildman–Crippen LogP) is 4.05. The highest BCUT2D eigenvalue weighted by molar-refractivity contribution is 5.55. The third-order valence-electron chi connectivity index (χ3n) is 3.62. The van der Waals surface area contributed by atoms with E-state index in [-0.39, 0.29) is 5.60 Å². The molecule has 1 saturated heterocycles. The number of benzene rings is 1. The van der Waals surface area contributed by atoms with Crippen molar-refractivity contribution in [3.05, 3.63) is 41.5 Å². The Bertz CT molecular complexity index is 360. The molecule has 0 radical (unpaired) electrons. The molecule has 1 aliphatic rings. The summed E-state index contributed by atoms with van der Waals surface area (Å²) >= 11 is 0. The van der Waals surface area contributed by atoms with Crippen LogP contribution in [0, 0.1) is 0 Å². The van der Waals surface area contributed by atoms with Crippen molar-refractivity contribution in [3.8, 4) is 0 Å². The van der Waals surface area contributed by atoms with Gasteiger partial charge < -0.3 is 4.74 Å². The van der Waals surface area contributed by atoms with Crippen molar-refractivity contribution in [1.29, 1.82) is 0 Å². The second-order valence-corrected chi connectivity index (χ2v) is 4.38. The second-order valence-electron chi connectivity index (χ2n) is 4.38. The van der Waals surface area contributed by atoms with Crippen LogP contribution in [-0.2, 0) is 4.74 Å². The highest BCUT2D eigenvalue weighted by Gasteiger charge is 2.35. The van der Waals surface area contributed by atoms with Gasteiger partial charge in [0.1, 0.15) is 0 Å². The van der Waals surface area contributed by atoms with Crippen LogP contribution >= 0.6 is 0 Å². The van der Waals surface area contributed by atoms with Crippen molar-refractivity contribution in [2.45, 2.75) is 38.7 Å². The van der Waals surface area contributed by atoms with Crippen LogP contribution in [0.1, 0.15) is 38.7 Å². The molecule has 0 N–H and O–H groups in total. The minimum atomic E-state index is 0.00976. The summed E-state index contributed by atoms with van der Waals surface area (Å²) in [6.07, 6.45) is 5.53. The number of hydrogen-bond donors (Lipinski definition) is 0. The zero-order chi connectivity index (χ0) is 11.4. The van der Waals surface area contributed by atoms with Gasteiger partial charge in [-0.25, -0.2) is 0 Å². The van der Waals surface area contributed by atoms with Gasteiger partial charge in [0.2, 0.25) is 0 Å². The van der Waals surface area contributed by atoms with E-state index < -0.39 is 0 Å². The van der Waals surface area contributed by atoms with Crippen LogP contribution in [0.25, 0.3) is 6.08 Å². The average molecular weight is 216 g/mol. The summed E-state index contributed by atoms with van der Waals surface area (Å²) in [7, 11) is 0. The van der Waals surface area contributed by atoms with Crippen molar-refractivity contribution < 1.29 is 4.74 Å². The number of ether oxygens (including phenoxy) is 1. The Balaban J connectivity index is 2.29. The third-order valence-corrected chi connectivity index (χ3v) is 3.62. The highest BCUT2D eigenvalue weighted by Crippen LogP contribution is 2.38. The maximum absolute atomic E-state index is 5.96. The third kappa shape index (κ3) is 2.05. The molecule has 1 nitrogen and oxygen atoms in total. The first-order chi connectivity index (χ1) is 7.80. The molecule has 1 aromatic carbocycles. The van der Waals surface area contributed by atoms with E-state index in [1.807, 2.05) is 0 Å². The Morgan fingerprint density at radius 3 is 2.50 bits per heavy atom. The van der Waals surface area contributed by atoms with Gasteiger partial charge in [0, 0.05) is 0 Å². The molecular formula is C15H20O. The lowest BCUT2D eigenvalue weighted by Gasteiger charge is -2.27. The molecule has 0 atom stereocenters. The van der Waals surface area contributed by atoms with Crippen LogP contribution in [0.4, 0.5) is 0 Å². The quantitative estimate of drug-likeness (QED) is 0.740. The first-order valence-corrected chi connectivity index (χ1v) is 6.21. The van der Waals surface area contributed by atoms with Gasteiger partial charge in [0.15, 0.2) is 0 Å². The molecule has 1 fully saturated rings. The van der Waals surface area contributed by atoms with Crippen LogP contribution in [0.5, 0.6) is 0 Å². The molecular weight excluding hydrogens is 196 g/mol. The van der Waals surface area contributed by atoms with Crippen molar-refractivity contribution in [1.82, 2.24) is 0 Å². The monoisotopic (exact) mass is 216 g/mol. The SMILES string of the molecule is CCC1(CC)OCC/C1=C/c1ccccc1. The standard InChI is InChI=1S/C15H20O/c1-3-15(4-2)14(10-11-16-15)12-13-8-6-5-7-9-13/h5-9,12H,3-4,10-11H2,1-2H3/b14-12-. The van der Waals surface area contributed by atoms with Gasteiger partial charge in [-0.15, -0.1) is 0 Å². The van der Waals surface area contributed by atoms with Gasteiger partial charge >= 0.3 is 0 Å². The largest absolute Gasteiger partial charge is 0.370 e. The lowest BCUT2D eigenvalue weighted by atomic mass is 9.87. The summed E-state index contributed by atoms with van der Waals surface area (Å²) in [5.74, 6) is 0. The minimum Gasteiger partial charge on any atom is -0.370 e. The van der Waals surface area contributed by atoms with E-state index in [0.29, 0.717) is 0 Å². The fourth-order valence-electron chi connectivity index (χ4n) is 2.54. The molecule has 1 aromatic rings. The summed E-state index contributed by atoms with van der Waals surface area (Å²) in [5, 5.41) is 0. The molecule has 0 unspecified atom stereocenters. The van der Waals surface area contributed by atoms with Gasteiger partial charge in [-0.05, 0) is 30.4 Å². The van der Waals surface area contributed by atoms with Crippen LogP contribution in [0.2, 0.25) is 0 Å².